The fourth-order valence-electron chi connectivity index (χ4n) is 1.94. The fourth-order valence-corrected chi connectivity index (χ4v) is 1.94. The van der Waals surface area contributed by atoms with Gasteiger partial charge < -0.3 is 15.4 Å². The maximum atomic E-state index is 11.5. The summed E-state index contributed by atoms with van der Waals surface area (Å²) in [6, 6.07) is 0.599. The molecule has 0 radical (unpaired) electrons. The summed E-state index contributed by atoms with van der Waals surface area (Å²) in [6.45, 7) is 5.62. The molecule has 2 atom stereocenters. The van der Waals surface area contributed by atoms with Crippen molar-refractivity contribution in [3.8, 4) is 0 Å². The first-order chi connectivity index (χ1) is 6.92. The van der Waals surface area contributed by atoms with Crippen LogP contribution >= 0.6 is 0 Å². The van der Waals surface area contributed by atoms with E-state index in [1.165, 1.54) is 0 Å². The smallest absolute Gasteiger partial charge is 0.407 e. The first-order valence-corrected chi connectivity index (χ1v) is 5.59. The minimum Gasteiger partial charge on any atom is -0.444 e. The third kappa shape index (κ3) is 4.08. The number of carbonyl (C=O) groups excluding carboxylic acids is 1. The molecule has 1 rings (SSSR count). The quantitative estimate of drug-likeness (QED) is 0.735. The Morgan fingerprint density at radius 2 is 1.87 bits per heavy atom. The van der Waals surface area contributed by atoms with Gasteiger partial charge in [-0.1, -0.05) is 0 Å². The summed E-state index contributed by atoms with van der Waals surface area (Å²) in [6.07, 6.45) is 3.00. The van der Waals surface area contributed by atoms with Crippen LogP contribution in [0.2, 0.25) is 0 Å². The Bertz CT molecular complexity index is 223. The summed E-state index contributed by atoms with van der Waals surface area (Å²) in [4.78, 5) is 11.5. The number of hydrogen-bond acceptors (Lipinski definition) is 3. The molecule has 0 aromatic rings. The second-order valence-electron chi connectivity index (χ2n) is 5.08. The third-order valence-electron chi connectivity index (χ3n) is 2.59. The SMILES string of the molecule is CNC1CCCC1NC(=O)OC(C)(C)C. The normalized spacial score (nSPS) is 26.4. The van der Waals surface area contributed by atoms with Crippen molar-refractivity contribution in [3.63, 3.8) is 0 Å². The highest BCUT2D eigenvalue weighted by Crippen LogP contribution is 2.19. The molecule has 0 spiro atoms. The molecular formula is C11H22N2O2. The lowest BCUT2D eigenvalue weighted by molar-refractivity contribution is 0.0499. The number of carbonyl (C=O) groups is 1. The van der Waals surface area contributed by atoms with Crippen molar-refractivity contribution in [2.24, 2.45) is 0 Å². The third-order valence-corrected chi connectivity index (χ3v) is 2.59. The molecule has 1 fully saturated rings. The van der Waals surface area contributed by atoms with Gasteiger partial charge in [0.1, 0.15) is 5.60 Å². The molecular weight excluding hydrogens is 192 g/mol. The number of hydrogen-bond donors (Lipinski definition) is 2. The maximum absolute atomic E-state index is 11.5. The van der Waals surface area contributed by atoms with Gasteiger partial charge in [0.2, 0.25) is 0 Å². The van der Waals surface area contributed by atoms with E-state index in [9.17, 15) is 4.79 Å². The summed E-state index contributed by atoms with van der Waals surface area (Å²) < 4.78 is 5.21. The Labute approximate surface area is 91.8 Å². The number of alkyl carbamates (subject to hydrolysis) is 1. The van der Waals surface area contributed by atoms with Crippen LogP contribution in [-0.2, 0) is 4.74 Å². The van der Waals surface area contributed by atoms with Crippen molar-refractivity contribution in [2.75, 3.05) is 7.05 Å². The van der Waals surface area contributed by atoms with Crippen LogP contribution in [0, 0.1) is 0 Å². The Morgan fingerprint density at radius 1 is 1.27 bits per heavy atom. The van der Waals surface area contributed by atoms with Crippen molar-refractivity contribution in [1.29, 1.82) is 0 Å². The van der Waals surface area contributed by atoms with E-state index >= 15 is 0 Å². The predicted octanol–water partition coefficient (Wildman–Crippen LogP) is 1.65. The topological polar surface area (TPSA) is 50.4 Å². The molecule has 88 valence electrons. The van der Waals surface area contributed by atoms with Crippen molar-refractivity contribution in [2.45, 2.75) is 57.7 Å². The van der Waals surface area contributed by atoms with Gasteiger partial charge in [-0.05, 0) is 47.1 Å². The molecule has 1 aliphatic carbocycles. The summed E-state index contributed by atoms with van der Waals surface area (Å²) in [5.74, 6) is 0. The zero-order chi connectivity index (χ0) is 11.5. The Balaban J connectivity index is 2.37. The van der Waals surface area contributed by atoms with Crippen molar-refractivity contribution >= 4 is 6.09 Å². The van der Waals surface area contributed by atoms with Crippen LogP contribution in [0.25, 0.3) is 0 Å². The van der Waals surface area contributed by atoms with Crippen molar-refractivity contribution in [3.05, 3.63) is 0 Å². The Morgan fingerprint density at radius 3 is 2.40 bits per heavy atom. The molecule has 1 aliphatic rings. The first-order valence-electron chi connectivity index (χ1n) is 5.59. The first kappa shape index (κ1) is 12.3. The van der Waals surface area contributed by atoms with Crippen LogP contribution in [0.4, 0.5) is 4.79 Å². The number of rotatable bonds is 2. The van der Waals surface area contributed by atoms with E-state index in [2.05, 4.69) is 10.6 Å². The highest BCUT2D eigenvalue weighted by Gasteiger charge is 2.28. The summed E-state index contributed by atoms with van der Waals surface area (Å²) in [7, 11) is 1.93. The summed E-state index contributed by atoms with van der Waals surface area (Å²) in [5, 5.41) is 6.12. The minimum atomic E-state index is -0.419. The van der Waals surface area contributed by atoms with E-state index in [1.54, 1.807) is 0 Å². The van der Waals surface area contributed by atoms with E-state index in [0.29, 0.717) is 6.04 Å². The van der Waals surface area contributed by atoms with E-state index in [1.807, 2.05) is 27.8 Å². The number of nitrogens with one attached hydrogen (secondary N) is 2. The second-order valence-corrected chi connectivity index (χ2v) is 5.08. The molecule has 0 bridgehead atoms. The summed E-state index contributed by atoms with van der Waals surface area (Å²) in [5.41, 5.74) is -0.419. The van der Waals surface area contributed by atoms with E-state index in [4.69, 9.17) is 4.74 Å². The number of ether oxygens (including phenoxy) is 1. The monoisotopic (exact) mass is 214 g/mol. The van der Waals surface area contributed by atoms with Gasteiger partial charge in [0, 0.05) is 12.1 Å². The minimum absolute atomic E-state index is 0.213. The standard InChI is InChI=1S/C11H22N2O2/c1-11(2,3)15-10(14)13-9-7-5-6-8(9)12-4/h8-9,12H,5-7H2,1-4H3,(H,13,14). The molecule has 4 heteroatoms. The van der Waals surface area contributed by atoms with Gasteiger partial charge >= 0.3 is 6.09 Å². The van der Waals surface area contributed by atoms with E-state index < -0.39 is 5.60 Å². The van der Waals surface area contributed by atoms with Crippen LogP contribution in [0.1, 0.15) is 40.0 Å². The van der Waals surface area contributed by atoms with Gasteiger partial charge in [0.25, 0.3) is 0 Å². The average molecular weight is 214 g/mol. The lowest BCUT2D eigenvalue weighted by Gasteiger charge is -2.24. The van der Waals surface area contributed by atoms with Crippen LogP contribution in [0.15, 0.2) is 0 Å². The van der Waals surface area contributed by atoms with Crippen LogP contribution in [-0.4, -0.2) is 30.8 Å². The van der Waals surface area contributed by atoms with E-state index in [-0.39, 0.29) is 12.1 Å². The van der Waals surface area contributed by atoms with E-state index in [0.717, 1.165) is 19.3 Å². The van der Waals surface area contributed by atoms with Crippen molar-refractivity contribution < 1.29 is 9.53 Å². The predicted molar refractivity (Wildman–Crippen MR) is 59.9 cm³/mol. The Hall–Kier alpha value is -0.770. The van der Waals surface area contributed by atoms with Gasteiger partial charge in [0.15, 0.2) is 0 Å². The highest BCUT2D eigenvalue weighted by molar-refractivity contribution is 5.68. The van der Waals surface area contributed by atoms with Gasteiger partial charge in [-0.15, -0.1) is 0 Å². The molecule has 0 saturated heterocycles. The number of amides is 1. The zero-order valence-corrected chi connectivity index (χ0v) is 10.1. The van der Waals surface area contributed by atoms with Crippen LogP contribution < -0.4 is 10.6 Å². The molecule has 1 amide bonds. The fraction of sp³-hybridized carbons (Fsp3) is 0.909. The molecule has 2 N–H and O–H groups in total. The molecule has 2 unspecified atom stereocenters. The largest absolute Gasteiger partial charge is 0.444 e. The molecule has 0 aromatic carbocycles. The highest BCUT2D eigenvalue weighted by atomic mass is 16.6. The van der Waals surface area contributed by atoms with Gasteiger partial charge in [0.05, 0.1) is 0 Å². The molecule has 15 heavy (non-hydrogen) atoms. The lowest BCUT2D eigenvalue weighted by Crippen LogP contribution is -2.47. The molecule has 4 nitrogen and oxygen atoms in total. The maximum Gasteiger partial charge on any atom is 0.407 e. The van der Waals surface area contributed by atoms with Gasteiger partial charge in [-0.25, -0.2) is 4.79 Å². The van der Waals surface area contributed by atoms with Gasteiger partial charge in [-0.2, -0.15) is 0 Å². The van der Waals surface area contributed by atoms with Crippen molar-refractivity contribution in [1.82, 2.24) is 10.6 Å². The molecule has 0 aromatic heterocycles. The summed E-state index contributed by atoms with van der Waals surface area (Å²) >= 11 is 0. The second kappa shape index (κ2) is 4.84. The molecule has 1 saturated carbocycles. The molecule has 0 heterocycles. The van der Waals surface area contributed by atoms with Crippen LogP contribution in [0.3, 0.4) is 0 Å². The van der Waals surface area contributed by atoms with Gasteiger partial charge in [-0.3, -0.25) is 0 Å². The number of likely N-dealkylation sites (N-methyl/N-ethyl adjacent to an activating group) is 1. The van der Waals surface area contributed by atoms with Crippen LogP contribution in [0.5, 0.6) is 0 Å². The Kier molecular flexibility index (Phi) is 3.97. The molecule has 0 aliphatic heterocycles. The lowest BCUT2D eigenvalue weighted by atomic mass is 10.2. The zero-order valence-electron chi connectivity index (χ0n) is 10.1. The average Bonchev–Trinajstić information content (AvgIpc) is 2.48.